The van der Waals surface area contributed by atoms with Crippen molar-refractivity contribution in [3.63, 3.8) is 0 Å². The minimum Gasteiger partial charge on any atom is -0.351 e. The number of anilines is 1. The number of carbonyl (C=O) groups excluding carboxylic acids is 1. The number of nitrogens with zero attached hydrogens (tertiary/aromatic N) is 3. The van der Waals surface area contributed by atoms with Crippen LogP contribution in [0.2, 0.25) is 0 Å². The first kappa shape index (κ1) is 16.4. The van der Waals surface area contributed by atoms with Crippen LogP contribution in [0.5, 0.6) is 0 Å². The summed E-state index contributed by atoms with van der Waals surface area (Å²) in [6, 6.07) is 1.73. The van der Waals surface area contributed by atoms with Crippen LogP contribution in [0.15, 0.2) is 6.07 Å². The summed E-state index contributed by atoms with van der Waals surface area (Å²) in [7, 11) is 0. The van der Waals surface area contributed by atoms with Gasteiger partial charge in [0.15, 0.2) is 0 Å². The van der Waals surface area contributed by atoms with Crippen molar-refractivity contribution in [2.75, 3.05) is 24.5 Å². The van der Waals surface area contributed by atoms with Crippen LogP contribution in [0.25, 0.3) is 0 Å². The van der Waals surface area contributed by atoms with Gasteiger partial charge >= 0.3 is 0 Å². The summed E-state index contributed by atoms with van der Waals surface area (Å²) in [5, 5.41) is 2.91. The average Bonchev–Trinajstić information content (AvgIpc) is 2.39. The molecule has 0 aliphatic heterocycles. The second-order valence-corrected chi connectivity index (χ2v) is 5.31. The third-order valence-electron chi connectivity index (χ3n) is 3.13. The fourth-order valence-electron chi connectivity index (χ4n) is 1.88. The lowest BCUT2D eigenvalue weighted by molar-refractivity contribution is 0.0947. The van der Waals surface area contributed by atoms with E-state index in [0.29, 0.717) is 24.1 Å². The molecule has 0 saturated carbocycles. The monoisotopic (exact) mass is 278 g/mol. The molecule has 1 amide bonds. The number of aromatic nitrogens is 2. The molecule has 5 nitrogen and oxygen atoms in total. The number of nitrogens with one attached hydrogen (secondary N) is 1. The SMILES string of the molecule is CCN(CC)c1nc(C)cc(C(=O)NCCC(C)C)n1. The second kappa shape index (κ2) is 7.82. The molecule has 0 aliphatic rings. The second-order valence-electron chi connectivity index (χ2n) is 5.31. The smallest absolute Gasteiger partial charge is 0.270 e. The first-order chi connectivity index (χ1) is 9.47. The van der Waals surface area contributed by atoms with Crippen molar-refractivity contribution in [3.05, 3.63) is 17.5 Å². The Kier molecular flexibility index (Phi) is 6.42. The van der Waals surface area contributed by atoms with Crippen LogP contribution in [-0.4, -0.2) is 35.5 Å². The zero-order valence-electron chi connectivity index (χ0n) is 13.2. The summed E-state index contributed by atoms with van der Waals surface area (Å²) in [5.41, 5.74) is 1.26. The zero-order valence-corrected chi connectivity index (χ0v) is 13.2. The molecule has 0 atom stereocenters. The highest BCUT2D eigenvalue weighted by Crippen LogP contribution is 2.10. The lowest BCUT2D eigenvalue weighted by Crippen LogP contribution is -2.29. The van der Waals surface area contributed by atoms with E-state index in [4.69, 9.17) is 0 Å². The number of hydrogen-bond acceptors (Lipinski definition) is 4. The standard InChI is InChI=1S/C15H26N4O/c1-6-19(7-2)15-17-12(5)10-13(18-15)14(20)16-9-8-11(3)4/h10-11H,6-9H2,1-5H3,(H,16,20). The molecule has 1 rings (SSSR count). The first-order valence-electron chi connectivity index (χ1n) is 7.36. The highest BCUT2D eigenvalue weighted by molar-refractivity contribution is 5.92. The Morgan fingerprint density at radius 3 is 2.50 bits per heavy atom. The average molecular weight is 278 g/mol. The molecular formula is C15H26N4O. The number of rotatable bonds is 7. The van der Waals surface area contributed by atoms with E-state index in [1.165, 1.54) is 0 Å². The van der Waals surface area contributed by atoms with E-state index < -0.39 is 0 Å². The molecule has 0 fully saturated rings. The van der Waals surface area contributed by atoms with Crippen LogP contribution in [0, 0.1) is 12.8 Å². The summed E-state index contributed by atoms with van der Waals surface area (Å²) >= 11 is 0. The largest absolute Gasteiger partial charge is 0.351 e. The first-order valence-corrected chi connectivity index (χ1v) is 7.36. The summed E-state index contributed by atoms with van der Waals surface area (Å²) in [6.45, 7) is 12.6. The number of hydrogen-bond donors (Lipinski definition) is 1. The Bertz CT molecular complexity index is 441. The van der Waals surface area contributed by atoms with Gasteiger partial charge in [-0.25, -0.2) is 9.97 Å². The number of aryl methyl sites for hydroxylation is 1. The Balaban J connectivity index is 2.81. The summed E-state index contributed by atoms with van der Waals surface area (Å²) in [4.78, 5) is 22.9. The molecule has 5 heteroatoms. The van der Waals surface area contributed by atoms with E-state index in [-0.39, 0.29) is 5.91 Å². The molecule has 0 radical (unpaired) electrons. The normalized spacial score (nSPS) is 10.7. The quantitative estimate of drug-likeness (QED) is 0.832. The fraction of sp³-hybridized carbons (Fsp3) is 0.667. The van der Waals surface area contributed by atoms with E-state index in [0.717, 1.165) is 25.2 Å². The van der Waals surface area contributed by atoms with Gasteiger partial charge in [-0.3, -0.25) is 4.79 Å². The molecule has 20 heavy (non-hydrogen) atoms. The molecule has 112 valence electrons. The van der Waals surface area contributed by atoms with Gasteiger partial charge in [0, 0.05) is 25.3 Å². The van der Waals surface area contributed by atoms with Gasteiger partial charge in [0.05, 0.1) is 0 Å². The molecule has 0 aliphatic carbocycles. The highest BCUT2D eigenvalue weighted by Gasteiger charge is 2.13. The molecule has 0 aromatic carbocycles. The molecule has 0 bridgehead atoms. The van der Waals surface area contributed by atoms with E-state index in [2.05, 4.69) is 43.0 Å². The van der Waals surface area contributed by atoms with Gasteiger partial charge in [0.1, 0.15) is 5.69 Å². The molecule has 0 spiro atoms. The predicted molar refractivity (Wildman–Crippen MR) is 82.1 cm³/mol. The lowest BCUT2D eigenvalue weighted by Gasteiger charge is -2.19. The minimum atomic E-state index is -0.121. The molecular weight excluding hydrogens is 252 g/mol. The Morgan fingerprint density at radius 1 is 1.30 bits per heavy atom. The molecule has 0 saturated heterocycles. The van der Waals surface area contributed by atoms with Crippen molar-refractivity contribution in [2.24, 2.45) is 5.92 Å². The Morgan fingerprint density at radius 2 is 1.95 bits per heavy atom. The van der Waals surface area contributed by atoms with Gasteiger partial charge in [-0.2, -0.15) is 0 Å². The number of amides is 1. The van der Waals surface area contributed by atoms with Gasteiger partial charge in [0.25, 0.3) is 5.91 Å². The highest BCUT2D eigenvalue weighted by atomic mass is 16.1. The molecule has 1 aromatic rings. The predicted octanol–water partition coefficient (Wildman–Crippen LogP) is 2.41. The van der Waals surface area contributed by atoms with Gasteiger partial charge in [-0.05, 0) is 39.2 Å². The Labute approximate surface area is 121 Å². The lowest BCUT2D eigenvalue weighted by atomic mass is 10.1. The van der Waals surface area contributed by atoms with Crippen molar-refractivity contribution in [3.8, 4) is 0 Å². The van der Waals surface area contributed by atoms with Gasteiger partial charge < -0.3 is 10.2 Å². The molecule has 1 N–H and O–H groups in total. The van der Waals surface area contributed by atoms with Crippen molar-refractivity contribution < 1.29 is 4.79 Å². The molecule has 1 heterocycles. The van der Waals surface area contributed by atoms with Crippen LogP contribution in [0.1, 0.15) is 50.3 Å². The molecule has 0 unspecified atom stereocenters. The maximum Gasteiger partial charge on any atom is 0.270 e. The van der Waals surface area contributed by atoms with Crippen LogP contribution in [0.4, 0.5) is 5.95 Å². The van der Waals surface area contributed by atoms with Crippen molar-refractivity contribution in [1.29, 1.82) is 0 Å². The number of carbonyl (C=O) groups is 1. The van der Waals surface area contributed by atoms with Crippen molar-refractivity contribution >= 4 is 11.9 Å². The van der Waals surface area contributed by atoms with E-state index >= 15 is 0 Å². The maximum atomic E-state index is 12.1. The minimum absolute atomic E-state index is 0.121. The van der Waals surface area contributed by atoms with E-state index in [1.807, 2.05) is 11.8 Å². The maximum absolute atomic E-state index is 12.1. The summed E-state index contributed by atoms with van der Waals surface area (Å²) < 4.78 is 0. The molecule has 1 aromatic heterocycles. The zero-order chi connectivity index (χ0) is 15.1. The fourth-order valence-corrected chi connectivity index (χ4v) is 1.88. The van der Waals surface area contributed by atoms with Crippen LogP contribution in [-0.2, 0) is 0 Å². The van der Waals surface area contributed by atoms with E-state index in [9.17, 15) is 4.79 Å². The van der Waals surface area contributed by atoms with Gasteiger partial charge in [0.2, 0.25) is 5.95 Å². The van der Waals surface area contributed by atoms with Crippen LogP contribution < -0.4 is 10.2 Å². The third-order valence-corrected chi connectivity index (χ3v) is 3.13. The Hall–Kier alpha value is -1.65. The van der Waals surface area contributed by atoms with Gasteiger partial charge in [-0.1, -0.05) is 13.8 Å². The van der Waals surface area contributed by atoms with E-state index in [1.54, 1.807) is 6.07 Å². The van der Waals surface area contributed by atoms with Crippen molar-refractivity contribution in [1.82, 2.24) is 15.3 Å². The summed E-state index contributed by atoms with van der Waals surface area (Å²) in [5.74, 6) is 1.09. The topological polar surface area (TPSA) is 58.1 Å². The van der Waals surface area contributed by atoms with Crippen LogP contribution in [0.3, 0.4) is 0 Å². The van der Waals surface area contributed by atoms with Crippen molar-refractivity contribution in [2.45, 2.75) is 41.0 Å². The third kappa shape index (κ3) is 4.79. The van der Waals surface area contributed by atoms with Crippen LogP contribution >= 0.6 is 0 Å². The van der Waals surface area contributed by atoms with Gasteiger partial charge in [-0.15, -0.1) is 0 Å². The summed E-state index contributed by atoms with van der Waals surface area (Å²) in [6.07, 6.45) is 0.971.